The zero-order valence-corrected chi connectivity index (χ0v) is 16.0. The van der Waals surface area contributed by atoms with Crippen molar-refractivity contribution < 1.29 is 4.74 Å². The topological polar surface area (TPSA) is 21.3 Å². The number of nitrogens with one attached hydrogen (secondary N) is 1. The van der Waals surface area contributed by atoms with Crippen LogP contribution in [0.15, 0.2) is 66.7 Å². The molecule has 3 aromatic rings. The molecule has 0 aromatic heterocycles. The highest BCUT2D eigenvalue weighted by atomic mass is 35.5. The fourth-order valence-corrected chi connectivity index (χ4v) is 2.89. The van der Waals surface area contributed by atoms with E-state index in [9.17, 15) is 0 Å². The number of anilines is 2. The molecule has 0 radical (unpaired) electrons. The van der Waals surface area contributed by atoms with Gasteiger partial charge in [-0.3, -0.25) is 0 Å². The van der Waals surface area contributed by atoms with Crippen LogP contribution >= 0.6 is 23.2 Å². The highest BCUT2D eigenvalue weighted by Gasteiger charge is 2.10. The highest BCUT2D eigenvalue weighted by Crippen LogP contribution is 2.37. The third-order valence-corrected chi connectivity index (χ3v) is 4.10. The van der Waals surface area contributed by atoms with Crippen LogP contribution in [-0.4, -0.2) is 7.11 Å². The average Bonchev–Trinajstić information content (AvgIpc) is 2.67. The zero-order valence-electron chi connectivity index (χ0n) is 14.5. The van der Waals surface area contributed by atoms with E-state index in [0.29, 0.717) is 15.7 Å². The third kappa shape index (κ3) is 4.91. The zero-order chi connectivity index (χ0) is 18.2. The molecule has 0 aliphatic rings. The first kappa shape index (κ1) is 19.2. The summed E-state index contributed by atoms with van der Waals surface area (Å²) in [7, 11) is 1.64. The summed E-state index contributed by atoms with van der Waals surface area (Å²) in [6.45, 7) is 4.00. The Labute approximate surface area is 159 Å². The van der Waals surface area contributed by atoms with Crippen molar-refractivity contribution in [1.82, 2.24) is 0 Å². The predicted octanol–water partition coefficient (Wildman–Crippen LogP) is 7.44. The number of hydrogen-bond acceptors (Lipinski definition) is 2. The van der Waals surface area contributed by atoms with Crippen LogP contribution in [0.5, 0.6) is 5.75 Å². The smallest absolute Gasteiger partial charge is 0.119 e. The van der Waals surface area contributed by atoms with E-state index in [4.69, 9.17) is 27.9 Å². The minimum atomic E-state index is 0.576. The van der Waals surface area contributed by atoms with Crippen LogP contribution in [0.2, 0.25) is 10.0 Å². The number of methoxy groups -OCH3 is 1. The lowest BCUT2D eigenvalue weighted by Gasteiger charge is -2.13. The van der Waals surface area contributed by atoms with Crippen molar-refractivity contribution in [2.75, 3.05) is 12.4 Å². The lowest BCUT2D eigenvalue weighted by molar-refractivity contribution is 0.415. The Balaban J connectivity index is 0.00000109. The van der Waals surface area contributed by atoms with E-state index in [1.54, 1.807) is 7.11 Å². The van der Waals surface area contributed by atoms with Crippen LogP contribution in [0.25, 0.3) is 11.1 Å². The molecule has 0 heterocycles. The monoisotopic (exact) mass is 373 g/mol. The Hall–Kier alpha value is -2.16. The number of benzene rings is 3. The Kier molecular flexibility index (Phi) is 7.17. The van der Waals surface area contributed by atoms with Crippen LogP contribution in [0.1, 0.15) is 13.8 Å². The summed E-state index contributed by atoms with van der Waals surface area (Å²) in [6, 6.07) is 21.4. The molecular formula is C21H21Cl2NO. The molecule has 3 rings (SSSR count). The van der Waals surface area contributed by atoms with Crippen LogP contribution < -0.4 is 10.1 Å². The summed E-state index contributed by atoms with van der Waals surface area (Å²) in [4.78, 5) is 0. The maximum atomic E-state index is 6.42. The lowest BCUT2D eigenvalue weighted by Crippen LogP contribution is -1.93. The van der Waals surface area contributed by atoms with Gasteiger partial charge in [-0.15, -0.1) is 0 Å². The average molecular weight is 374 g/mol. The first-order chi connectivity index (χ1) is 12.2. The largest absolute Gasteiger partial charge is 0.497 e. The molecule has 4 heteroatoms. The Morgan fingerprint density at radius 3 is 1.84 bits per heavy atom. The van der Waals surface area contributed by atoms with Gasteiger partial charge in [-0.1, -0.05) is 67.4 Å². The van der Waals surface area contributed by atoms with E-state index in [2.05, 4.69) is 5.32 Å². The van der Waals surface area contributed by atoms with Gasteiger partial charge in [0.15, 0.2) is 0 Å². The van der Waals surface area contributed by atoms with Gasteiger partial charge in [-0.2, -0.15) is 0 Å². The first-order valence-corrected chi connectivity index (χ1v) is 8.88. The van der Waals surface area contributed by atoms with Gasteiger partial charge in [0, 0.05) is 5.69 Å². The molecule has 0 saturated heterocycles. The van der Waals surface area contributed by atoms with E-state index >= 15 is 0 Å². The van der Waals surface area contributed by atoms with Gasteiger partial charge in [-0.05, 0) is 47.5 Å². The van der Waals surface area contributed by atoms with Gasteiger partial charge in [0.1, 0.15) is 5.75 Å². The summed E-state index contributed by atoms with van der Waals surface area (Å²) >= 11 is 12.8. The van der Waals surface area contributed by atoms with Gasteiger partial charge in [-0.25, -0.2) is 0 Å². The molecule has 0 aliphatic carbocycles. The quantitative estimate of drug-likeness (QED) is 0.512. The minimum absolute atomic E-state index is 0.576. The number of halogens is 2. The van der Waals surface area contributed by atoms with Crippen LogP contribution in [-0.2, 0) is 0 Å². The maximum Gasteiger partial charge on any atom is 0.119 e. The summed E-state index contributed by atoms with van der Waals surface area (Å²) in [5.74, 6) is 0.798. The molecule has 25 heavy (non-hydrogen) atoms. The molecule has 0 bridgehead atoms. The fraction of sp³-hybridized carbons (Fsp3) is 0.143. The summed E-state index contributed by atoms with van der Waals surface area (Å²) in [5.41, 5.74) is 3.65. The van der Waals surface area contributed by atoms with Crippen molar-refractivity contribution in [2.45, 2.75) is 13.8 Å². The van der Waals surface area contributed by atoms with Crippen molar-refractivity contribution in [2.24, 2.45) is 0 Å². The van der Waals surface area contributed by atoms with Crippen LogP contribution in [0.4, 0.5) is 11.4 Å². The lowest BCUT2D eigenvalue weighted by atomic mass is 10.1. The molecular weight excluding hydrogens is 353 g/mol. The third-order valence-electron chi connectivity index (χ3n) is 3.51. The molecule has 0 aliphatic heterocycles. The van der Waals surface area contributed by atoms with E-state index in [1.807, 2.05) is 80.6 Å². The van der Waals surface area contributed by atoms with Crippen molar-refractivity contribution in [3.63, 3.8) is 0 Å². The predicted molar refractivity (Wildman–Crippen MR) is 110 cm³/mol. The Morgan fingerprint density at radius 2 is 1.32 bits per heavy atom. The molecule has 0 fully saturated rings. The molecule has 0 amide bonds. The van der Waals surface area contributed by atoms with E-state index < -0.39 is 0 Å². The van der Waals surface area contributed by atoms with Crippen LogP contribution in [0.3, 0.4) is 0 Å². The van der Waals surface area contributed by atoms with Crippen molar-refractivity contribution in [3.8, 4) is 16.9 Å². The maximum absolute atomic E-state index is 6.42. The molecule has 0 unspecified atom stereocenters. The summed E-state index contributed by atoms with van der Waals surface area (Å²) in [6.07, 6.45) is 0. The fourth-order valence-electron chi connectivity index (χ4n) is 2.31. The Morgan fingerprint density at radius 1 is 0.760 bits per heavy atom. The number of rotatable bonds is 4. The van der Waals surface area contributed by atoms with E-state index in [0.717, 1.165) is 22.6 Å². The van der Waals surface area contributed by atoms with Gasteiger partial charge < -0.3 is 10.1 Å². The SMILES string of the molecule is CC.COc1ccc(Nc2c(Cl)cc(-c3ccccc3)cc2Cl)cc1. The molecule has 3 aromatic carbocycles. The second-order valence-corrected chi connectivity index (χ2v) is 5.85. The van der Waals surface area contributed by atoms with Crippen molar-refractivity contribution in [1.29, 1.82) is 0 Å². The van der Waals surface area contributed by atoms with Gasteiger partial charge in [0.05, 0.1) is 22.8 Å². The van der Waals surface area contributed by atoms with Gasteiger partial charge >= 0.3 is 0 Å². The first-order valence-electron chi connectivity index (χ1n) is 8.13. The number of hydrogen-bond donors (Lipinski definition) is 1. The molecule has 0 spiro atoms. The minimum Gasteiger partial charge on any atom is -0.497 e. The second kappa shape index (κ2) is 9.36. The molecule has 0 atom stereocenters. The number of ether oxygens (including phenoxy) is 1. The highest BCUT2D eigenvalue weighted by molar-refractivity contribution is 6.39. The normalized spacial score (nSPS) is 9.80. The van der Waals surface area contributed by atoms with Crippen LogP contribution in [0, 0.1) is 0 Å². The molecule has 2 nitrogen and oxygen atoms in total. The molecule has 130 valence electrons. The van der Waals surface area contributed by atoms with E-state index in [1.165, 1.54) is 0 Å². The van der Waals surface area contributed by atoms with Gasteiger partial charge in [0.25, 0.3) is 0 Å². The molecule has 1 N–H and O–H groups in total. The summed E-state index contributed by atoms with van der Waals surface area (Å²) in [5, 5.41) is 4.40. The van der Waals surface area contributed by atoms with Gasteiger partial charge in [0.2, 0.25) is 0 Å². The Bertz CT molecular complexity index is 779. The van der Waals surface area contributed by atoms with Crippen molar-refractivity contribution in [3.05, 3.63) is 76.8 Å². The van der Waals surface area contributed by atoms with E-state index in [-0.39, 0.29) is 0 Å². The molecule has 0 saturated carbocycles. The summed E-state index contributed by atoms with van der Waals surface area (Å²) < 4.78 is 5.15. The second-order valence-electron chi connectivity index (χ2n) is 5.03. The standard InChI is InChI=1S/C19H15Cl2NO.C2H6/c1-23-16-9-7-15(8-10-16)22-19-17(20)11-14(12-18(19)21)13-5-3-2-4-6-13;1-2/h2-12,22H,1H3;1-2H3. The van der Waals surface area contributed by atoms with Crippen molar-refractivity contribution >= 4 is 34.6 Å².